The van der Waals surface area contributed by atoms with Crippen LogP contribution in [-0.2, 0) is 6.54 Å². The molecule has 0 bridgehead atoms. The minimum atomic E-state index is 0.163. The molecule has 1 saturated heterocycles. The average Bonchev–Trinajstić information content (AvgIpc) is 2.34. The Hall–Kier alpha value is -0.970. The molecule has 1 unspecified atom stereocenters. The Morgan fingerprint density at radius 2 is 2.21 bits per heavy atom. The third kappa shape index (κ3) is 3.75. The number of nitrogens with zero attached hydrogens (tertiary/aromatic N) is 3. The SMILES string of the molecule is CN(C)CC1CNCC(C)(C)N1Cc1ccccn1. The largest absolute Gasteiger partial charge is 0.313 e. The van der Waals surface area contributed by atoms with Crippen molar-refractivity contribution in [2.45, 2.75) is 32.0 Å². The van der Waals surface area contributed by atoms with Crippen molar-refractivity contribution in [3.05, 3.63) is 30.1 Å². The summed E-state index contributed by atoms with van der Waals surface area (Å²) in [4.78, 5) is 9.33. The highest BCUT2D eigenvalue weighted by Gasteiger charge is 2.36. The van der Waals surface area contributed by atoms with E-state index in [0.29, 0.717) is 6.04 Å². The van der Waals surface area contributed by atoms with E-state index < -0.39 is 0 Å². The van der Waals surface area contributed by atoms with Gasteiger partial charge in [-0.1, -0.05) is 6.07 Å². The van der Waals surface area contributed by atoms with Gasteiger partial charge in [-0.05, 0) is 40.1 Å². The third-order valence-electron chi connectivity index (χ3n) is 3.79. The van der Waals surface area contributed by atoms with Gasteiger partial charge in [-0.3, -0.25) is 9.88 Å². The predicted molar refractivity (Wildman–Crippen MR) is 79.1 cm³/mol. The smallest absolute Gasteiger partial charge is 0.0544 e. The molecule has 4 nitrogen and oxygen atoms in total. The first-order valence-corrected chi connectivity index (χ1v) is 7.01. The van der Waals surface area contributed by atoms with Crippen LogP contribution in [0.5, 0.6) is 0 Å². The quantitative estimate of drug-likeness (QED) is 0.883. The molecule has 0 spiro atoms. The van der Waals surface area contributed by atoms with E-state index in [9.17, 15) is 0 Å². The summed E-state index contributed by atoms with van der Waals surface area (Å²) in [7, 11) is 4.28. The van der Waals surface area contributed by atoms with Crippen LogP contribution in [0, 0.1) is 0 Å². The Morgan fingerprint density at radius 1 is 1.42 bits per heavy atom. The number of piperazine rings is 1. The maximum Gasteiger partial charge on any atom is 0.0544 e. The van der Waals surface area contributed by atoms with Gasteiger partial charge >= 0.3 is 0 Å². The van der Waals surface area contributed by atoms with Gasteiger partial charge in [0, 0.05) is 44.0 Å². The van der Waals surface area contributed by atoms with Crippen LogP contribution in [0.25, 0.3) is 0 Å². The number of aromatic nitrogens is 1. The molecule has 0 saturated carbocycles. The average molecular weight is 262 g/mol. The highest BCUT2D eigenvalue weighted by atomic mass is 15.3. The summed E-state index contributed by atoms with van der Waals surface area (Å²) < 4.78 is 0. The number of hydrogen-bond donors (Lipinski definition) is 1. The molecule has 1 aliphatic heterocycles. The Bertz CT molecular complexity index is 388. The van der Waals surface area contributed by atoms with Crippen LogP contribution < -0.4 is 5.32 Å². The van der Waals surface area contributed by atoms with E-state index >= 15 is 0 Å². The van der Waals surface area contributed by atoms with Gasteiger partial charge < -0.3 is 10.2 Å². The maximum absolute atomic E-state index is 4.48. The molecular weight excluding hydrogens is 236 g/mol. The highest BCUT2D eigenvalue weighted by Crippen LogP contribution is 2.23. The number of rotatable bonds is 4. The van der Waals surface area contributed by atoms with Crippen LogP contribution in [0.1, 0.15) is 19.5 Å². The van der Waals surface area contributed by atoms with Crippen molar-refractivity contribution in [2.75, 3.05) is 33.7 Å². The lowest BCUT2D eigenvalue weighted by molar-refractivity contribution is 0.0171. The molecule has 1 fully saturated rings. The topological polar surface area (TPSA) is 31.4 Å². The first-order valence-electron chi connectivity index (χ1n) is 7.01. The molecule has 4 heteroatoms. The van der Waals surface area contributed by atoms with E-state index in [2.05, 4.69) is 60.2 Å². The van der Waals surface area contributed by atoms with Gasteiger partial charge in [-0.2, -0.15) is 0 Å². The number of nitrogens with one attached hydrogen (secondary N) is 1. The van der Waals surface area contributed by atoms with Crippen molar-refractivity contribution in [3.8, 4) is 0 Å². The van der Waals surface area contributed by atoms with Crippen molar-refractivity contribution in [2.24, 2.45) is 0 Å². The molecule has 1 aromatic heterocycles. The van der Waals surface area contributed by atoms with Gasteiger partial charge in [0.25, 0.3) is 0 Å². The standard InChI is InChI=1S/C15H26N4/c1-15(2)12-16-9-14(11-18(3)4)19(15)10-13-7-5-6-8-17-13/h5-8,14,16H,9-12H2,1-4H3. The highest BCUT2D eigenvalue weighted by molar-refractivity contribution is 5.06. The van der Waals surface area contributed by atoms with Gasteiger partial charge in [-0.15, -0.1) is 0 Å². The summed E-state index contributed by atoms with van der Waals surface area (Å²) in [6, 6.07) is 6.69. The Kier molecular flexibility index (Phi) is 4.55. The van der Waals surface area contributed by atoms with Gasteiger partial charge in [-0.25, -0.2) is 0 Å². The van der Waals surface area contributed by atoms with Crippen molar-refractivity contribution in [1.29, 1.82) is 0 Å². The lowest BCUT2D eigenvalue weighted by Gasteiger charge is -2.48. The molecule has 1 aromatic rings. The van der Waals surface area contributed by atoms with Crippen LogP contribution in [0.4, 0.5) is 0 Å². The summed E-state index contributed by atoms with van der Waals surface area (Å²) in [6.45, 7) is 8.70. The normalized spacial score (nSPS) is 23.7. The molecule has 1 N–H and O–H groups in total. The van der Waals surface area contributed by atoms with Crippen LogP contribution in [0.3, 0.4) is 0 Å². The zero-order chi connectivity index (χ0) is 13.9. The van der Waals surface area contributed by atoms with Crippen molar-refractivity contribution >= 4 is 0 Å². The second-order valence-corrected chi connectivity index (χ2v) is 6.31. The van der Waals surface area contributed by atoms with Crippen LogP contribution in [0.15, 0.2) is 24.4 Å². The fourth-order valence-electron chi connectivity index (χ4n) is 2.84. The Labute approximate surface area is 116 Å². The molecule has 19 heavy (non-hydrogen) atoms. The first kappa shape index (κ1) is 14.4. The van der Waals surface area contributed by atoms with Crippen molar-refractivity contribution in [3.63, 3.8) is 0 Å². The minimum absolute atomic E-state index is 0.163. The molecule has 1 aliphatic rings. The van der Waals surface area contributed by atoms with E-state index in [-0.39, 0.29) is 5.54 Å². The van der Waals surface area contributed by atoms with Crippen LogP contribution >= 0.6 is 0 Å². The molecule has 106 valence electrons. The third-order valence-corrected chi connectivity index (χ3v) is 3.79. The molecule has 0 radical (unpaired) electrons. The molecule has 2 rings (SSSR count). The second-order valence-electron chi connectivity index (χ2n) is 6.31. The summed E-state index contributed by atoms with van der Waals surface area (Å²) in [5.41, 5.74) is 1.32. The van der Waals surface area contributed by atoms with Gasteiger partial charge in [0.2, 0.25) is 0 Å². The molecule has 0 aliphatic carbocycles. The molecule has 0 aromatic carbocycles. The van der Waals surface area contributed by atoms with Crippen LogP contribution in [0.2, 0.25) is 0 Å². The monoisotopic (exact) mass is 262 g/mol. The van der Waals surface area contributed by atoms with Gasteiger partial charge in [0.1, 0.15) is 0 Å². The molecule has 1 atom stereocenters. The molecule has 2 heterocycles. The van der Waals surface area contributed by atoms with E-state index in [1.807, 2.05) is 12.3 Å². The Balaban J connectivity index is 2.14. The number of pyridine rings is 1. The van der Waals surface area contributed by atoms with Gasteiger partial charge in [0.15, 0.2) is 0 Å². The summed E-state index contributed by atoms with van der Waals surface area (Å²) >= 11 is 0. The minimum Gasteiger partial charge on any atom is -0.313 e. The first-order chi connectivity index (χ1) is 8.99. The number of hydrogen-bond acceptors (Lipinski definition) is 4. The fourth-order valence-corrected chi connectivity index (χ4v) is 2.84. The van der Waals surface area contributed by atoms with Gasteiger partial charge in [0.05, 0.1) is 5.69 Å². The second kappa shape index (κ2) is 5.99. The van der Waals surface area contributed by atoms with Crippen molar-refractivity contribution in [1.82, 2.24) is 20.1 Å². The molecular formula is C15H26N4. The van der Waals surface area contributed by atoms with E-state index in [4.69, 9.17) is 0 Å². The fraction of sp³-hybridized carbons (Fsp3) is 0.667. The zero-order valence-corrected chi connectivity index (χ0v) is 12.6. The predicted octanol–water partition coefficient (Wildman–Crippen LogP) is 1.20. The Morgan fingerprint density at radius 3 is 2.84 bits per heavy atom. The summed E-state index contributed by atoms with van der Waals surface area (Å²) in [6.07, 6.45) is 1.88. The molecule has 0 amide bonds. The lowest BCUT2D eigenvalue weighted by atomic mass is 9.95. The summed E-state index contributed by atoms with van der Waals surface area (Å²) in [5, 5.41) is 3.56. The summed E-state index contributed by atoms with van der Waals surface area (Å²) in [5.74, 6) is 0. The van der Waals surface area contributed by atoms with Crippen LogP contribution in [-0.4, -0.2) is 60.1 Å². The zero-order valence-electron chi connectivity index (χ0n) is 12.6. The van der Waals surface area contributed by atoms with E-state index in [1.54, 1.807) is 0 Å². The van der Waals surface area contributed by atoms with Crippen molar-refractivity contribution < 1.29 is 0 Å². The van der Waals surface area contributed by atoms with E-state index in [1.165, 1.54) is 0 Å². The maximum atomic E-state index is 4.48. The lowest BCUT2D eigenvalue weighted by Crippen LogP contribution is -2.64. The van der Waals surface area contributed by atoms with E-state index in [0.717, 1.165) is 31.9 Å². The number of likely N-dealkylation sites (N-methyl/N-ethyl adjacent to an activating group) is 1.